The lowest BCUT2D eigenvalue weighted by molar-refractivity contribution is 0.0695. The van der Waals surface area contributed by atoms with Gasteiger partial charge in [-0.15, -0.1) is 0 Å². The minimum Gasteiger partial charge on any atom is -0.477 e. The Balaban J connectivity index is 1.75. The summed E-state index contributed by atoms with van der Waals surface area (Å²) in [6.45, 7) is 2.90. The zero-order valence-corrected chi connectivity index (χ0v) is 15.2. The molecule has 0 amide bonds. The first-order valence-corrected chi connectivity index (χ1v) is 9.44. The number of aromatic carboxylic acids is 1. The van der Waals surface area contributed by atoms with Crippen molar-refractivity contribution in [3.8, 4) is 0 Å². The van der Waals surface area contributed by atoms with E-state index in [1.54, 1.807) is 13.0 Å². The zero-order chi connectivity index (χ0) is 19.1. The van der Waals surface area contributed by atoms with E-state index in [4.69, 9.17) is 5.73 Å². The van der Waals surface area contributed by atoms with E-state index in [0.717, 1.165) is 32.2 Å². The van der Waals surface area contributed by atoms with Gasteiger partial charge in [0.15, 0.2) is 0 Å². The van der Waals surface area contributed by atoms with Gasteiger partial charge in [0.25, 0.3) is 0 Å². The van der Waals surface area contributed by atoms with Crippen LogP contribution in [0, 0.1) is 18.2 Å². The second kappa shape index (κ2) is 5.32. The third kappa shape index (κ3) is 2.34. The minimum absolute atomic E-state index is 0.0351. The highest BCUT2D eigenvalue weighted by atomic mass is 19.1. The Morgan fingerprint density at radius 3 is 2.63 bits per heavy atom. The first-order chi connectivity index (χ1) is 12.8. The first-order valence-electron chi connectivity index (χ1n) is 9.44. The summed E-state index contributed by atoms with van der Waals surface area (Å²) >= 11 is 0. The van der Waals surface area contributed by atoms with E-state index in [1.807, 2.05) is 9.47 Å². The molecule has 142 valence electrons. The summed E-state index contributed by atoms with van der Waals surface area (Å²) in [5, 5.41) is 9.58. The Kier molecular flexibility index (Phi) is 3.30. The fourth-order valence-electron chi connectivity index (χ4n) is 4.55. The van der Waals surface area contributed by atoms with Gasteiger partial charge in [-0.1, -0.05) is 0 Å². The van der Waals surface area contributed by atoms with Crippen molar-refractivity contribution >= 4 is 22.6 Å². The standard InChI is InChI=1S/C20H22FN3O3/c1-10-16-13(24(11-2-3-11)7-12(18(16)25)19(26)27)6-14(17(10)21)23-8-15(22)20(9-23)4-5-20/h6-7,11,15H,2-5,8-9,22H2,1H3,(H,26,27)/t15-/m0/s1. The molecule has 2 aliphatic carbocycles. The number of nitrogens with zero attached hydrogens (tertiary/aromatic N) is 2. The normalized spacial score (nSPS) is 23.4. The van der Waals surface area contributed by atoms with Gasteiger partial charge in [-0.05, 0) is 38.7 Å². The highest BCUT2D eigenvalue weighted by molar-refractivity contribution is 5.95. The quantitative estimate of drug-likeness (QED) is 0.865. The SMILES string of the molecule is Cc1c(F)c(N2C[C@H](N)C3(CC3)C2)cc2c1c(=O)c(C(=O)O)cn2C1CC1. The van der Waals surface area contributed by atoms with Crippen molar-refractivity contribution in [2.45, 2.75) is 44.7 Å². The summed E-state index contributed by atoms with van der Waals surface area (Å²) in [5.41, 5.74) is 6.78. The number of nitrogens with two attached hydrogens (primary N) is 1. The van der Waals surface area contributed by atoms with Crippen LogP contribution in [-0.4, -0.2) is 34.8 Å². The Hall–Kier alpha value is -2.41. The maximum absolute atomic E-state index is 15.3. The molecule has 0 radical (unpaired) electrons. The topological polar surface area (TPSA) is 88.6 Å². The van der Waals surface area contributed by atoms with Gasteiger partial charge in [-0.3, -0.25) is 4.79 Å². The second-order valence-electron chi connectivity index (χ2n) is 8.39. The van der Waals surface area contributed by atoms with Gasteiger partial charge in [-0.25, -0.2) is 9.18 Å². The van der Waals surface area contributed by atoms with Crippen LogP contribution in [0.5, 0.6) is 0 Å². The molecule has 2 saturated carbocycles. The number of hydrogen-bond acceptors (Lipinski definition) is 4. The van der Waals surface area contributed by atoms with Crippen molar-refractivity contribution in [2.75, 3.05) is 18.0 Å². The summed E-state index contributed by atoms with van der Waals surface area (Å²) in [4.78, 5) is 26.3. The van der Waals surface area contributed by atoms with E-state index < -0.39 is 17.2 Å². The monoisotopic (exact) mass is 371 g/mol. The smallest absolute Gasteiger partial charge is 0.341 e. The summed E-state index contributed by atoms with van der Waals surface area (Å²) in [7, 11) is 0. The Bertz CT molecular complexity index is 1050. The number of carboxylic acids is 1. The molecule has 1 aromatic heterocycles. The number of carbonyl (C=O) groups is 1. The molecule has 0 bridgehead atoms. The predicted molar refractivity (Wildman–Crippen MR) is 100.0 cm³/mol. The van der Waals surface area contributed by atoms with E-state index in [9.17, 15) is 14.7 Å². The van der Waals surface area contributed by atoms with E-state index >= 15 is 4.39 Å². The largest absolute Gasteiger partial charge is 0.477 e. The van der Waals surface area contributed by atoms with Crippen molar-refractivity contribution in [3.05, 3.63) is 39.4 Å². The van der Waals surface area contributed by atoms with Gasteiger partial charge in [0, 0.05) is 42.3 Å². The molecule has 3 aliphatic rings. The van der Waals surface area contributed by atoms with Crippen LogP contribution in [0.3, 0.4) is 0 Å². The number of aryl methyl sites for hydroxylation is 1. The van der Waals surface area contributed by atoms with Gasteiger partial charge in [0.1, 0.15) is 11.4 Å². The van der Waals surface area contributed by atoms with E-state index in [2.05, 4.69) is 0 Å². The van der Waals surface area contributed by atoms with Crippen LogP contribution in [0.15, 0.2) is 17.1 Å². The van der Waals surface area contributed by atoms with Crippen LogP contribution >= 0.6 is 0 Å². The maximum atomic E-state index is 15.3. The average molecular weight is 371 g/mol. The number of pyridine rings is 1. The fraction of sp³-hybridized carbons (Fsp3) is 0.500. The van der Waals surface area contributed by atoms with Gasteiger partial charge in [0.2, 0.25) is 5.43 Å². The molecule has 1 saturated heterocycles. The van der Waals surface area contributed by atoms with E-state index in [1.165, 1.54) is 6.20 Å². The van der Waals surface area contributed by atoms with Crippen LogP contribution in [0.1, 0.15) is 47.6 Å². The van der Waals surface area contributed by atoms with Gasteiger partial charge >= 0.3 is 5.97 Å². The lowest BCUT2D eigenvalue weighted by Gasteiger charge is -2.23. The van der Waals surface area contributed by atoms with Crippen LogP contribution in [0.25, 0.3) is 10.9 Å². The van der Waals surface area contributed by atoms with E-state index in [0.29, 0.717) is 17.7 Å². The lowest BCUT2D eigenvalue weighted by atomic mass is 10.0. The molecular weight excluding hydrogens is 349 g/mol. The molecule has 3 fully saturated rings. The van der Waals surface area contributed by atoms with Crippen molar-refractivity contribution in [2.24, 2.45) is 11.1 Å². The van der Waals surface area contributed by atoms with Gasteiger partial charge in [-0.2, -0.15) is 0 Å². The molecule has 3 N–H and O–H groups in total. The molecular formula is C20H22FN3O3. The molecule has 2 heterocycles. The molecule has 1 spiro atoms. The molecule has 7 heteroatoms. The molecule has 5 rings (SSSR count). The number of carboxylic acid groups (broad SMARTS) is 1. The highest BCUT2D eigenvalue weighted by Gasteiger charge is 2.53. The number of aromatic nitrogens is 1. The first kappa shape index (κ1) is 16.7. The zero-order valence-electron chi connectivity index (χ0n) is 15.2. The third-order valence-corrected chi connectivity index (χ3v) is 6.59. The van der Waals surface area contributed by atoms with Crippen molar-refractivity contribution in [1.82, 2.24) is 4.57 Å². The molecule has 1 aliphatic heterocycles. The molecule has 2 aromatic rings. The highest BCUT2D eigenvalue weighted by Crippen LogP contribution is 2.53. The van der Waals surface area contributed by atoms with Crippen LogP contribution in [-0.2, 0) is 0 Å². The Labute approximate surface area is 155 Å². The molecule has 6 nitrogen and oxygen atoms in total. The molecule has 1 aromatic carbocycles. The predicted octanol–water partition coefficient (Wildman–Crippen LogP) is 2.41. The third-order valence-electron chi connectivity index (χ3n) is 6.59. The lowest BCUT2D eigenvalue weighted by Crippen LogP contribution is -2.30. The van der Waals surface area contributed by atoms with Crippen molar-refractivity contribution < 1.29 is 14.3 Å². The second-order valence-corrected chi connectivity index (χ2v) is 8.39. The van der Waals surface area contributed by atoms with E-state index in [-0.39, 0.29) is 34.0 Å². The van der Waals surface area contributed by atoms with Crippen molar-refractivity contribution in [3.63, 3.8) is 0 Å². The van der Waals surface area contributed by atoms with Crippen LogP contribution in [0.4, 0.5) is 10.1 Å². The van der Waals surface area contributed by atoms with Crippen LogP contribution in [0.2, 0.25) is 0 Å². The number of hydrogen-bond donors (Lipinski definition) is 2. The number of halogens is 1. The van der Waals surface area contributed by atoms with Gasteiger partial charge < -0.3 is 20.3 Å². The Morgan fingerprint density at radius 1 is 1.37 bits per heavy atom. The summed E-state index contributed by atoms with van der Waals surface area (Å²) < 4.78 is 17.1. The summed E-state index contributed by atoms with van der Waals surface area (Å²) in [6, 6.07) is 1.92. The number of fused-ring (bicyclic) bond motifs is 1. The number of anilines is 1. The van der Waals surface area contributed by atoms with Crippen molar-refractivity contribution in [1.29, 1.82) is 0 Å². The molecule has 0 unspecified atom stereocenters. The number of rotatable bonds is 3. The minimum atomic E-state index is -1.28. The summed E-state index contributed by atoms with van der Waals surface area (Å²) in [6.07, 6.45) is 5.44. The maximum Gasteiger partial charge on any atom is 0.341 e. The summed E-state index contributed by atoms with van der Waals surface area (Å²) in [5.74, 6) is -1.73. The average Bonchev–Trinajstić information content (AvgIpc) is 3.51. The Morgan fingerprint density at radius 2 is 2.07 bits per heavy atom. The van der Waals surface area contributed by atoms with Crippen LogP contribution < -0.4 is 16.1 Å². The fourth-order valence-corrected chi connectivity index (χ4v) is 4.55. The molecule has 27 heavy (non-hydrogen) atoms. The molecule has 1 atom stereocenters. The van der Waals surface area contributed by atoms with Gasteiger partial charge in [0.05, 0.1) is 16.6 Å². The number of benzene rings is 1.